The van der Waals surface area contributed by atoms with Crippen LogP contribution in [0, 0.1) is 18.7 Å². The fourth-order valence-corrected chi connectivity index (χ4v) is 2.90. The number of nitrogens with one attached hydrogen (secondary N) is 1. The third-order valence-corrected chi connectivity index (χ3v) is 4.33. The van der Waals surface area contributed by atoms with E-state index >= 15 is 0 Å². The highest BCUT2D eigenvalue weighted by molar-refractivity contribution is 5.75. The molecule has 1 saturated heterocycles. The number of anilines is 1. The third-order valence-electron chi connectivity index (χ3n) is 4.33. The first-order valence-electron chi connectivity index (χ1n) is 8.12. The lowest BCUT2D eigenvalue weighted by atomic mass is 10.1. The molecular formula is C16H21FN6O. The summed E-state index contributed by atoms with van der Waals surface area (Å²) in [7, 11) is 0. The largest absolute Gasteiger partial charge is 0.371 e. The van der Waals surface area contributed by atoms with Crippen LogP contribution >= 0.6 is 0 Å². The summed E-state index contributed by atoms with van der Waals surface area (Å²) in [5, 5.41) is 14.1. The number of tetrazole rings is 1. The van der Waals surface area contributed by atoms with Crippen molar-refractivity contribution in [3.8, 4) is 0 Å². The van der Waals surface area contributed by atoms with Crippen LogP contribution < -0.4 is 10.2 Å². The van der Waals surface area contributed by atoms with E-state index in [4.69, 9.17) is 0 Å². The lowest BCUT2D eigenvalue weighted by Gasteiger charge is -2.18. The molecule has 1 aromatic heterocycles. The summed E-state index contributed by atoms with van der Waals surface area (Å²) in [5.74, 6) is 0.895. The maximum absolute atomic E-state index is 13.0. The van der Waals surface area contributed by atoms with Gasteiger partial charge in [0, 0.05) is 31.7 Å². The van der Waals surface area contributed by atoms with Gasteiger partial charge >= 0.3 is 0 Å². The van der Waals surface area contributed by atoms with E-state index < -0.39 is 0 Å². The van der Waals surface area contributed by atoms with Crippen LogP contribution in [0.3, 0.4) is 0 Å². The zero-order valence-corrected chi connectivity index (χ0v) is 13.7. The molecule has 0 spiro atoms. The van der Waals surface area contributed by atoms with Crippen LogP contribution in [-0.4, -0.2) is 45.7 Å². The smallest absolute Gasteiger partial charge is 0.221 e. The van der Waals surface area contributed by atoms with Crippen molar-refractivity contribution >= 4 is 11.6 Å². The Morgan fingerprint density at radius 2 is 2.17 bits per heavy atom. The van der Waals surface area contributed by atoms with Crippen LogP contribution in [0.5, 0.6) is 0 Å². The third kappa shape index (κ3) is 4.06. The number of nitrogens with zero attached hydrogens (tertiary/aromatic N) is 5. The molecule has 1 fully saturated rings. The highest BCUT2D eigenvalue weighted by Crippen LogP contribution is 2.23. The molecule has 1 N–H and O–H groups in total. The van der Waals surface area contributed by atoms with E-state index in [2.05, 4.69) is 25.7 Å². The van der Waals surface area contributed by atoms with E-state index in [0.29, 0.717) is 31.3 Å². The number of benzene rings is 1. The predicted molar refractivity (Wildman–Crippen MR) is 86.9 cm³/mol. The fraction of sp³-hybridized carbons (Fsp3) is 0.500. The Bertz CT molecular complexity index is 686. The second kappa shape index (κ2) is 7.37. The standard InChI is InChI=1S/C16H21FN6O/c1-12-19-20-21-23(12)9-7-16(24)18-10-13-6-8-22(11-13)15-4-2-14(17)3-5-15/h2-5,13H,6-11H2,1H3,(H,18,24)/t13-/m0/s1. The normalized spacial score (nSPS) is 17.2. The van der Waals surface area contributed by atoms with Crippen molar-refractivity contribution in [1.82, 2.24) is 25.5 Å². The van der Waals surface area contributed by atoms with Crippen molar-refractivity contribution in [2.24, 2.45) is 5.92 Å². The minimum atomic E-state index is -0.223. The van der Waals surface area contributed by atoms with Crippen molar-refractivity contribution in [3.05, 3.63) is 35.9 Å². The van der Waals surface area contributed by atoms with Crippen LogP contribution in [0.4, 0.5) is 10.1 Å². The first kappa shape index (κ1) is 16.4. The second-order valence-electron chi connectivity index (χ2n) is 6.08. The van der Waals surface area contributed by atoms with E-state index in [9.17, 15) is 9.18 Å². The van der Waals surface area contributed by atoms with Crippen LogP contribution in [-0.2, 0) is 11.3 Å². The van der Waals surface area contributed by atoms with Gasteiger partial charge in [0.15, 0.2) is 0 Å². The average molecular weight is 332 g/mol. The molecule has 24 heavy (non-hydrogen) atoms. The molecule has 2 heterocycles. The van der Waals surface area contributed by atoms with Crippen molar-refractivity contribution in [1.29, 1.82) is 0 Å². The van der Waals surface area contributed by atoms with Gasteiger partial charge in [0.05, 0.1) is 6.54 Å². The summed E-state index contributed by atoms with van der Waals surface area (Å²) < 4.78 is 14.6. The monoisotopic (exact) mass is 332 g/mol. The van der Waals surface area contributed by atoms with E-state index in [1.807, 2.05) is 0 Å². The van der Waals surface area contributed by atoms with Crippen LogP contribution in [0.25, 0.3) is 0 Å². The molecule has 0 saturated carbocycles. The summed E-state index contributed by atoms with van der Waals surface area (Å²) in [6.07, 6.45) is 1.38. The van der Waals surface area contributed by atoms with Gasteiger partial charge in [0.1, 0.15) is 11.6 Å². The number of hydrogen-bond donors (Lipinski definition) is 1. The number of carbonyl (C=O) groups excluding carboxylic acids is 1. The summed E-state index contributed by atoms with van der Waals surface area (Å²) in [4.78, 5) is 14.2. The lowest BCUT2D eigenvalue weighted by Crippen LogP contribution is -2.31. The Morgan fingerprint density at radius 3 is 2.88 bits per heavy atom. The summed E-state index contributed by atoms with van der Waals surface area (Å²) in [6.45, 7) is 4.75. The fourth-order valence-electron chi connectivity index (χ4n) is 2.90. The van der Waals surface area contributed by atoms with Gasteiger partial charge < -0.3 is 10.2 Å². The number of carbonyl (C=O) groups is 1. The van der Waals surface area contributed by atoms with Crippen LogP contribution in [0.1, 0.15) is 18.7 Å². The number of rotatable bonds is 6. The first-order chi connectivity index (χ1) is 11.6. The minimum absolute atomic E-state index is 0.00475. The van der Waals surface area contributed by atoms with Gasteiger partial charge in [-0.3, -0.25) is 4.79 Å². The van der Waals surface area contributed by atoms with Gasteiger partial charge in [0.2, 0.25) is 5.91 Å². The Labute approximate surface area is 139 Å². The van der Waals surface area contributed by atoms with Gasteiger partial charge in [0.25, 0.3) is 0 Å². The topological polar surface area (TPSA) is 75.9 Å². The van der Waals surface area contributed by atoms with Crippen molar-refractivity contribution in [2.75, 3.05) is 24.5 Å². The number of halogens is 1. The van der Waals surface area contributed by atoms with Gasteiger partial charge in [-0.2, -0.15) is 0 Å². The molecule has 0 bridgehead atoms. The van der Waals surface area contributed by atoms with Crippen LogP contribution in [0.2, 0.25) is 0 Å². The van der Waals surface area contributed by atoms with Gasteiger partial charge in [-0.15, -0.1) is 5.10 Å². The molecule has 1 aromatic carbocycles. The SMILES string of the molecule is Cc1nnnn1CCC(=O)NC[C@@H]1CCN(c2ccc(F)cc2)C1. The average Bonchev–Trinajstić information content (AvgIpc) is 3.21. The molecule has 1 atom stereocenters. The van der Waals surface area contributed by atoms with Crippen LogP contribution in [0.15, 0.2) is 24.3 Å². The van der Waals surface area contributed by atoms with Crippen molar-refractivity contribution < 1.29 is 9.18 Å². The number of aromatic nitrogens is 4. The van der Waals surface area contributed by atoms with E-state index in [1.54, 1.807) is 23.7 Å². The van der Waals surface area contributed by atoms with E-state index in [1.165, 1.54) is 12.1 Å². The molecule has 1 aliphatic heterocycles. The van der Waals surface area contributed by atoms with E-state index in [0.717, 1.165) is 25.2 Å². The summed E-state index contributed by atoms with van der Waals surface area (Å²) >= 11 is 0. The molecule has 3 rings (SSSR count). The highest BCUT2D eigenvalue weighted by atomic mass is 19.1. The highest BCUT2D eigenvalue weighted by Gasteiger charge is 2.23. The summed E-state index contributed by atoms with van der Waals surface area (Å²) in [6, 6.07) is 6.55. The number of aryl methyl sites for hydroxylation is 2. The molecule has 1 aliphatic rings. The molecule has 0 radical (unpaired) electrons. The molecule has 0 unspecified atom stereocenters. The minimum Gasteiger partial charge on any atom is -0.371 e. The zero-order chi connectivity index (χ0) is 16.9. The maximum atomic E-state index is 13.0. The second-order valence-corrected chi connectivity index (χ2v) is 6.08. The Kier molecular flexibility index (Phi) is 5.02. The zero-order valence-electron chi connectivity index (χ0n) is 13.7. The van der Waals surface area contributed by atoms with Crippen molar-refractivity contribution in [3.63, 3.8) is 0 Å². The molecule has 8 heteroatoms. The number of hydrogen-bond acceptors (Lipinski definition) is 5. The lowest BCUT2D eigenvalue weighted by molar-refractivity contribution is -0.121. The number of amides is 1. The Hall–Kier alpha value is -2.51. The molecule has 128 valence electrons. The molecule has 1 amide bonds. The maximum Gasteiger partial charge on any atom is 0.221 e. The molecule has 0 aliphatic carbocycles. The first-order valence-corrected chi connectivity index (χ1v) is 8.12. The quantitative estimate of drug-likeness (QED) is 0.859. The predicted octanol–water partition coefficient (Wildman–Crippen LogP) is 1.15. The van der Waals surface area contributed by atoms with E-state index in [-0.39, 0.29) is 11.7 Å². The summed E-state index contributed by atoms with van der Waals surface area (Å²) in [5.41, 5.74) is 1.03. The molecule has 7 nitrogen and oxygen atoms in total. The van der Waals surface area contributed by atoms with Gasteiger partial charge in [-0.25, -0.2) is 9.07 Å². The van der Waals surface area contributed by atoms with Crippen molar-refractivity contribution in [2.45, 2.75) is 26.3 Å². The Balaban J connectivity index is 1.40. The Morgan fingerprint density at radius 1 is 1.38 bits per heavy atom. The molecular weight excluding hydrogens is 311 g/mol. The van der Waals surface area contributed by atoms with Gasteiger partial charge in [-0.05, 0) is 54.0 Å². The van der Waals surface area contributed by atoms with Gasteiger partial charge in [-0.1, -0.05) is 0 Å². The molecule has 2 aromatic rings.